The Morgan fingerprint density at radius 1 is 1.19 bits per heavy atom. The lowest BCUT2D eigenvalue weighted by molar-refractivity contribution is 0.0755. The molecule has 0 aliphatic carbocycles. The zero-order chi connectivity index (χ0) is 15.4. The van der Waals surface area contributed by atoms with Crippen LogP contribution in [0, 0.1) is 4.77 Å². The van der Waals surface area contributed by atoms with E-state index in [-0.39, 0.29) is 16.2 Å². The zero-order valence-electron chi connectivity index (χ0n) is 12.2. The number of aromatic nitrogens is 2. The molecule has 0 saturated heterocycles. The monoisotopic (exact) mass is 305 g/mol. The number of benzene rings is 1. The Kier molecular flexibility index (Phi) is 4.90. The number of hydrogen-bond donors (Lipinski definition) is 2. The van der Waals surface area contributed by atoms with E-state index in [4.69, 9.17) is 12.2 Å². The van der Waals surface area contributed by atoms with Crippen molar-refractivity contribution in [1.82, 2.24) is 14.9 Å². The van der Waals surface area contributed by atoms with Crippen molar-refractivity contribution < 1.29 is 4.79 Å². The van der Waals surface area contributed by atoms with E-state index < -0.39 is 0 Å². The summed E-state index contributed by atoms with van der Waals surface area (Å²) in [5, 5.41) is 0.498. The van der Waals surface area contributed by atoms with Gasteiger partial charge in [0.15, 0.2) is 4.77 Å². The molecule has 21 heavy (non-hydrogen) atoms. The minimum absolute atomic E-state index is 0.0137. The van der Waals surface area contributed by atoms with Crippen LogP contribution in [0.2, 0.25) is 0 Å². The Morgan fingerprint density at radius 3 is 2.48 bits per heavy atom. The zero-order valence-corrected chi connectivity index (χ0v) is 13.0. The standard InChI is InChI=1S/C15H19N3O2S/c1-3-7-18(8-4-2)14(20)10-5-6-11-12(9-10)16-15(21)17-13(11)19/h5-6,9H,3-4,7-8H2,1-2H3,(H2,16,17,19,21). The lowest BCUT2D eigenvalue weighted by atomic mass is 10.1. The summed E-state index contributed by atoms with van der Waals surface area (Å²) < 4.78 is 0.260. The van der Waals surface area contributed by atoms with Crippen LogP contribution in [0.25, 0.3) is 10.9 Å². The summed E-state index contributed by atoms with van der Waals surface area (Å²) in [5.74, 6) is -0.0137. The molecule has 0 unspecified atom stereocenters. The molecule has 1 heterocycles. The number of fused-ring (bicyclic) bond motifs is 1. The Balaban J connectivity index is 2.44. The molecule has 112 valence electrons. The summed E-state index contributed by atoms with van der Waals surface area (Å²) in [6, 6.07) is 5.04. The van der Waals surface area contributed by atoms with Gasteiger partial charge in [-0.1, -0.05) is 13.8 Å². The van der Waals surface area contributed by atoms with E-state index in [0.717, 1.165) is 25.9 Å². The first kappa shape index (κ1) is 15.4. The van der Waals surface area contributed by atoms with Crippen molar-refractivity contribution in [2.24, 2.45) is 0 Å². The number of nitrogens with zero attached hydrogens (tertiary/aromatic N) is 1. The maximum absolute atomic E-state index is 12.5. The summed E-state index contributed by atoms with van der Waals surface area (Å²) in [5.41, 5.74) is 0.912. The molecule has 6 heteroatoms. The van der Waals surface area contributed by atoms with Gasteiger partial charge in [-0.3, -0.25) is 14.6 Å². The SMILES string of the molecule is CCCN(CCC)C(=O)c1ccc2c(=O)[nH]c(=S)[nH]c2c1. The molecule has 0 aliphatic heterocycles. The minimum atomic E-state index is -0.244. The molecule has 2 N–H and O–H groups in total. The quantitative estimate of drug-likeness (QED) is 0.835. The van der Waals surface area contributed by atoms with Crippen LogP contribution >= 0.6 is 12.2 Å². The number of nitrogens with one attached hydrogen (secondary N) is 2. The molecular weight excluding hydrogens is 286 g/mol. The lowest BCUT2D eigenvalue weighted by Gasteiger charge is -2.21. The van der Waals surface area contributed by atoms with Crippen LogP contribution in [0.4, 0.5) is 0 Å². The van der Waals surface area contributed by atoms with Gasteiger partial charge < -0.3 is 9.88 Å². The molecule has 0 saturated carbocycles. The summed E-state index contributed by atoms with van der Waals surface area (Å²) in [4.78, 5) is 31.6. The van der Waals surface area contributed by atoms with Crippen LogP contribution in [0.5, 0.6) is 0 Å². The Bertz CT molecular complexity index is 757. The maximum Gasteiger partial charge on any atom is 0.259 e. The highest BCUT2D eigenvalue weighted by Gasteiger charge is 2.15. The van der Waals surface area contributed by atoms with Gasteiger partial charge in [-0.25, -0.2) is 0 Å². The van der Waals surface area contributed by atoms with Gasteiger partial charge in [-0.15, -0.1) is 0 Å². The van der Waals surface area contributed by atoms with E-state index in [0.29, 0.717) is 16.5 Å². The van der Waals surface area contributed by atoms with Gasteiger partial charge in [-0.2, -0.15) is 0 Å². The number of rotatable bonds is 5. The van der Waals surface area contributed by atoms with Crippen molar-refractivity contribution >= 4 is 29.0 Å². The van der Waals surface area contributed by atoms with Crippen molar-refractivity contribution in [3.05, 3.63) is 38.9 Å². The summed E-state index contributed by atoms with van der Waals surface area (Å²) >= 11 is 4.96. The van der Waals surface area contributed by atoms with Crippen LogP contribution in [0.1, 0.15) is 37.0 Å². The Labute approximate surface area is 128 Å². The molecule has 1 aromatic carbocycles. The average molecular weight is 305 g/mol. The lowest BCUT2D eigenvalue weighted by Crippen LogP contribution is -2.32. The van der Waals surface area contributed by atoms with Crippen LogP contribution in [-0.2, 0) is 0 Å². The van der Waals surface area contributed by atoms with Gasteiger partial charge in [0, 0.05) is 18.7 Å². The fourth-order valence-corrected chi connectivity index (χ4v) is 2.54. The van der Waals surface area contributed by atoms with Crippen LogP contribution in [-0.4, -0.2) is 33.9 Å². The molecule has 0 aliphatic rings. The van der Waals surface area contributed by atoms with Crippen molar-refractivity contribution in [2.75, 3.05) is 13.1 Å². The molecule has 1 aromatic heterocycles. The summed E-state index contributed by atoms with van der Waals surface area (Å²) in [6.07, 6.45) is 1.84. The fourth-order valence-electron chi connectivity index (χ4n) is 2.34. The molecule has 0 radical (unpaired) electrons. The first-order valence-electron chi connectivity index (χ1n) is 7.12. The summed E-state index contributed by atoms with van der Waals surface area (Å²) in [7, 11) is 0. The molecule has 5 nitrogen and oxygen atoms in total. The van der Waals surface area contributed by atoms with Crippen molar-refractivity contribution in [3.8, 4) is 0 Å². The van der Waals surface area contributed by atoms with Crippen LogP contribution in [0.3, 0.4) is 0 Å². The first-order chi connectivity index (χ1) is 10.1. The third-order valence-electron chi connectivity index (χ3n) is 3.26. The first-order valence-corrected chi connectivity index (χ1v) is 7.53. The van der Waals surface area contributed by atoms with E-state index in [2.05, 4.69) is 9.97 Å². The minimum Gasteiger partial charge on any atom is -0.339 e. The Hall–Kier alpha value is -1.95. The van der Waals surface area contributed by atoms with Gasteiger partial charge >= 0.3 is 0 Å². The molecule has 1 amide bonds. The van der Waals surface area contributed by atoms with Crippen molar-refractivity contribution in [3.63, 3.8) is 0 Å². The van der Waals surface area contributed by atoms with E-state index >= 15 is 0 Å². The maximum atomic E-state index is 12.5. The molecular formula is C15H19N3O2S. The molecule has 0 atom stereocenters. The van der Waals surface area contributed by atoms with E-state index in [1.54, 1.807) is 18.2 Å². The van der Waals surface area contributed by atoms with Crippen LogP contribution < -0.4 is 5.56 Å². The second-order valence-corrected chi connectivity index (χ2v) is 5.37. The van der Waals surface area contributed by atoms with E-state index in [9.17, 15) is 9.59 Å². The second kappa shape index (κ2) is 6.67. The average Bonchev–Trinajstić information content (AvgIpc) is 2.45. The van der Waals surface area contributed by atoms with Crippen molar-refractivity contribution in [2.45, 2.75) is 26.7 Å². The predicted molar refractivity (Wildman–Crippen MR) is 86.2 cm³/mol. The number of carbonyl (C=O) groups is 1. The Morgan fingerprint density at radius 2 is 1.86 bits per heavy atom. The smallest absolute Gasteiger partial charge is 0.259 e. The number of H-pyrrole nitrogens is 2. The van der Waals surface area contributed by atoms with Gasteiger partial charge in [0.2, 0.25) is 0 Å². The normalized spacial score (nSPS) is 10.8. The fraction of sp³-hybridized carbons (Fsp3) is 0.400. The van der Waals surface area contributed by atoms with Gasteiger partial charge in [0.25, 0.3) is 11.5 Å². The number of aromatic amines is 2. The highest BCUT2D eigenvalue weighted by Crippen LogP contribution is 2.13. The van der Waals surface area contributed by atoms with Crippen LogP contribution in [0.15, 0.2) is 23.0 Å². The second-order valence-electron chi connectivity index (χ2n) is 4.96. The highest BCUT2D eigenvalue weighted by molar-refractivity contribution is 7.71. The molecule has 0 fully saturated rings. The molecule has 2 rings (SSSR count). The predicted octanol–water partition coefficient (Wildman–Crippen LogP) is 2.85. The van der Waals surface area contributed by atoms with Gasteiger partial charge in [-0.05, 0) is 43.3 Å². The van der Waals surface area contributed by atoms with Crippen molar-refractivity contribution in [1.29, 1.82) is 0 Å². The highest BCUT2D eigenvalue weighted by atomic mass is 32.1. The molecule has 0 spiro atoms. The van der Waals surface area contributed by atoms with E-state index in [1.165, 1.54) is 0 Å². The number of amides is 1. The third kappa shape index (κ3) is 3.39. The number of hydrogen-bond acceptors (Lipinski definition) is 3. The molecule has 2 aromatic rings. The van der Waals surface area contributed by atoms with Gasteiger partial charge in [0.05, 0.1) is 10.9 Å². The number of carbonyl (C=O) groups excluding carboxylic acids is 1. The summed E-state index contributed by atoms with van der Waals surface area (Å²) in [6.45, 7) is 5.56. The van der Waals surface area contributed by atoms with E-state index in [1.807, 2.05) is 18.7 Å². The largest absolute Gasteiger partial charge is 0.339 e. The third-order valence-corrected chi connectivity index (χ3v) is 3.46. The van der Waals surface area contributed by atoms with Gasteiger partial charge in [0.1, 0.15) is 0 Å². The topological polar surface area (TPSA) is 69.0 Å². The molecule has 0 bridgehead atoms.